The monoisotopic (exact) mass is 335 g/mol. The highest BCUT2D eigenvalue weighted by Crippen LogP contribution is 2.16. The van der Waals surface area contributed by atoms with E-state index >= 15 is 0 Å². The molecule has 25 heavy (non-hydrogen) atoms. The number of carbonyl (C=O) groups excluding carboxylic acids is 1. The van der Waals surface area contributed by atoms with E-state index < -0.39 is 5.95 Å². The molecule has 0 fully saturated rings. The number of nitrogens with zero attached hydrogens (tertiary/aromatic N) is 3. The van der Waals surface area contributed by atoms with Crippen LogP contribution >= 0.6 is 0 Å². The largest absolute Gasteiger partial charge is 0.328 e. The van der Waals surface area contributed by atoms with Crippen molar-refractivity contribution in [3.63, 3.8) is 0 Å². The molecular formula is C20H18FN3O. The fourth-order valence-corrected chi connectivity index (χ4v) is 2.60. The Balaban J connectivity index is 1.91. The van der Waals surface area contributed by atoms with Gasteiger partial charge in [-0.25, -0.2) is 4.98 Å². The third-order valence-corrected chi connectivity index (χ3v) is 3.96. The van der Waals surface area contributed by atoms with Crippen molar-refractivity contribution >= 4 is 5.91 Å². The van der Waals surface area contributed by atoms with Gasteiger partial charge in [0.05, 0.1) is 12.2 Å². The normalized spacial score (nSPS) is 10.5. The number of benzene rings is 1. The Hall–Kier alpha value is -3.08. The molecule has 1 aromatic carbocycles. The van der Waals surface area contributed by atoms with Gasteiger partial charge in [0.25, 0.3) is 5.91 Å². The van der Waals surface area contributed by atoms with Gasteiger partial charge in [0.1, 0.15) is 0 Å². The Kier molecular flexibility index (Phi) is 5.14. The SMILES string of the molecule is Cc1ccccc1CN(Cc1ccccn1)C(=O)c1ccnc(F)c1. The molecule has 0 aliphatic carbocycles. The molecule has 2 heterocycles. The fraction of sp³-hybridized carbons (Fsp3) is 0.150. The summed E-state index contributed by atoms with van der Waals surface area (Å²) in [5, 5.41) is 0. The summed E-state index contributed by atoms with van der Waals surface area (Å²) in [6.45, 7) is 2.77. The second-order valence-corrected chi connectivity index (χ2v) is 5.78. The summed E-state index contributed by atoms with van der Waals surface area (Å²) in [4.78, 5) is 22.4. The minimum absolute atomic E-state index is 0.254. The van der Waals surface area contributed by atoms with Gasteiger partial charge in [-0.2, -0.15) is 4.39 Å². The van der Waals surface area contributed by atoms with Gasteiger partial charge in [-0.1, -0.05) is 30.3 Å². The van der Waals surface area contributed by atoms with Gasteiger partial charge in [-0.05, 0) is 36.2 Å². The molecule has 0 saturated carbocycles. The molecule has 2 aromatic heterocycles. The van der Waals surface area contributed by atoms with E-state index in [1.54, 1.807) is 11.1 Å². The average molecular weight is 335 g/mol. The zero-order chi connectivity index (χ0) is 17.6. The number of pyridine rings is 2. The Morgan fingerprint density at radius 1 is 1.00 bits per heavy atom. The molecule has 4 nitrogen and oxygen atoms in total. The summed E-state index contributed by atoms with van der Waals surface area (Å²) in [6, 6.07) is 16.2. The van der Waals surface area contributed by atoms with Crippen molar-refractivity contribution in [3.05, 3.63) is 95.3 Å². The standard InChI is InChI=1S/C20H18FN3O/c1-15-6-2-3-7-17(15)13-24(14-18-8-4-5-10-22-18)20(25)16-9-11-23-19(21)12-16/h2-12H,13-14H2,1H3. The lowest BCUT2D eigenvalue weighted by atomic mass is 10.1. The molecule has 0 spiro atoms. The lowest BCUT2D eigenvalue weighted by molar-refractivity contribution is 0.0727. The third kappa shape index (κ3) is 4.26. The van der Waals surface area contributed by atoms with Crippen molar-refractivity contribution in [2.75, 3.05) is 0 Å². The van der Waals surface area contributed by atoms with Crippen LogP contribution in [0.5, 0.6) is 0 Å². The van der Waals surface area contributed by atoms with Crippen molar-refractivity contribution in [3.8, 4) is 0 Å². The molecule has 0 saturated heterocycles. The molecule has 0 N–H and O–H groups in total. The van der Waals surface area contributed by atoms with Gasteiger partial charge < -0.3 is 4.90 Å². The first-order valence-electron chi connectivity index (χ1n) is 7.99. The van der Waals surface area contributed by atoms with Crippen molar-refractivity contribution in [2.45, 2.75) is 20.0 Å². The van der Waals surface area contributed by atoms with Gasteiger partial charge in [-0.15, -0.1) is 0 Å². The lowest BCUT2D eigenvalue weighted by Gasteiger charge is -2.23. The van der Waals surface area contributed by atoms with Crippen LogP contribution in [0.25, 0.3) is 0 Å². The molecule has 0 atom stereocenters. The lowest BCUT2D eigenvalue weighted by Crippen LogP contribution is -2.31. The Bertz CT molecular complexity index is 868. The topological polar surface area (TPSA) is 46.1 Å². The maximum Gasteiger partial charge on any atom is 0.254 e. The number of halogens is 1. The van der Waals surface area contributed by atoms with E-state index in [9.17, 15) is 9.18 Å². The minimum atomic E-state index is -0.667. The smallest absolute Gasteiger partial charge is 0.254 e. The molecule has 5 heteroatoms. The first kappa shape index (κ1) is 16.8. The molecule has 3 aromatic rings. The zero-order valence-corrected chi connectivity index (χ0v) is 13.9. The Morgan fingerprint density at radius 2 is 1.80 bits per heavy atom. The zero-order valence-electron chi connectivity index (χ0n) is 13.9. The maximum atomic E-state index is 13.4. The van der Waals surface area contributed by atoms with Crippen LogP contribution in [0.4, 0.5) is 4.39 Å². The van der Waals surface area contributed by atoms with Gasteiger partial charge in [0.15, 0.2) is 0 Å². The number of rotatable bonds is 5. The molecule has 126 valence electrons. The number of hydrogen-bond acceptors (Lipinski definition) is 3. The summed E-state index contributed by atoms with van der Waals surface area (Å²) in [7, 11) is 0. The maximum absolute atomic E-state index is 13.4. The van der Waals surface area contributed by atoms with E-state index in [1.165, 1.54) is 12.3 Å². The van der Waals surface area contributed by atoms with E-state index in [2.05, 4.69) is 9.97 Å². The highest BCUT2D eigenvalue weighted by atomic mass is 19.1. The predicted molar refractivity (Wildman–Crippen MR) is 93.2 cm³/mol. The van der Waals surface area contributed by atoms with E-state index in [4.69, 9.17) is 0 Å². The minimum Gasteiger partial charge on any atom is -0.328 e. The van der Waals surface area contributed by atoms with Crippen LogP contribution in [0.3, 0.4) is 0 Å². The van der Waals surface area contributed by atoms with Gasteiger partial charge in [0.2, 0.25) is 5.95 Å². The van der Waals surface area contributed by atoms with Crippen molar-refractivity contribution in [2.24, 2.45) is 0 Å². The number of carbonyl (C=O) groups is 1. The second kappa shape index (κ2) is 7.66. The number of hydrogen-bond donors (Lipinski definition) is 0. The Morgan fingerprint density at radius 3 is 2.52 bits per heavy atom. The van der Waals surface area contributed by atoms with E-state index in [1.807, 2.05) is 49.4 Å². The van der Waals surface area contributed by atoms with Crippen LogP contribution in [0.15, 0.2) is 67.0 Å². The molecule has 0 aliphatic rings. The molecule has 0 bridgehead atoms. The van der Waals surface area contributed by atoms with Crippen LogP contribution in [0, 0.1) is 12.9 Å². The summed E-state index contributed by atoms with van der Waals surface area (Å²) in [6.07, 6.45) is 2.99. The predicted octanol–water partition coefficient (Wildman–Crippen LogP) is 3.77. The third-order valence-electron chi connectivity index (χ3n) is 3.96. The van der Waals surface area contributed by atoms with Gasteiger partial charge in [-0.3, -0.25) is 9.78 Å². The first-order chi connectivity index (χ1) is 12.1. The van der Waals surface area contributed by atoms with Gasteiger partial charge >= 0.3 is 0 Å². The number of aryl methyl sites for hydroxylation is 1. The average Bonchev–Trinajstić information content (AvgIpc) is 2.63. The summed E-state index contributed by atoms with van der Waals surface area (Å²) in [5.74, 6) is -0.922. The quantitative estimate of drug-likeness (QED) is 0.667. The van der Waals surface area contributed by atoms with Crippen LogP contribution in [-0.4, -0.2) is 20.8 Å². The van der Waals surface area contributed by atoms with E-state index in [0.29, 0.717) is 13.1 Å². The van der Waals surface area contributed by atoms with Crippen LogP contribution in [0.1, 0.15) is 27.2 Å². The van der Waals surface area contributed by atoms with Gasteiger partial charge in [0, 0.05) is 30.6 Å². The molecule has 1 amide bonds. The summed E-state index contributed by atoms with van der Waals surface area (Å²) < 4.78 is 13.4. The van der Waals surface area contributed by atoms with Crippen LogP contribution in [-0.2, 0) is 13.1 Å². The summed E-state index contributed by atoms with van der Waals surface area (Å²) >= 11 is 0. The molecule has 0 aliphatic heterocycles. The Labute approximate surface area is 146 Å². The van der Waals surface area contributed by atoms with Crippen LogP contribution in [0.2, 0.25) is 0 Å². The van der Waals surface area contributed by atoms with E-state index in [0.717, 1.165) is 22.9 Å². The molecular weight excluding hydrogens is 317 g/mol. The van der Waals surface area contributed by atoms with E-state index in [-0.39, 0.29) is 11.5 Å². The second-order valence-electron chi connectivity index (χ2n) is 5.78. The van der Waals surface area contributed by atoms with Crippen molar-refractivity contribution in [1.29, 1.82) is 0 Å². The van der Waals surface area contributed by atoms with Crippen LogP contribution < -0.4 is 0 Å². The summed E-state index contributed by atoms with van der Waals surface area (Å²) in [5.41, 5.74) is 3.19. The molecule has 0 radical (unpaired) electrons. The van der Waals surface area contributed by atoms with Crippen molar-refractivity contribution in [1.82, 2.24) is 14.9 Å². The number of amides is 1. The highest BCUT2D eigenvalue weighted by molar-refractivity contribution is 5.94. The molecule has 3 rings (SSSR count). The van der Waals surface area contributed by atoms with Crippen molar-refractivity contribution < 1.29 is 9.18 Å². The fourth-order valence-electron chi connectivity index (χ4n) is 2.60. The first-order valence-corrected chi connectivity index (χ1v) is 7.99. The number of aromatic nitrogens is 2. The molecule has 0 unspecified atom stereocenters. The highest BCUT2D eigenvalue weighted by Gasteiger charge is 2.18.